The lowest BCUT2D eigenvalue weighted by molar-refractivity contribution is -0.384. The minimum absolute atomic E-state index is 0.131. The Morgan fingerprint density at radius 3 is 2.65 bits per heavy atom. The molecule has 1 amide bonds. The summed E-state index contributed by atoms with van der Waals surface area (Å²) >= 11 is 0. The first-order valence-electron chi connectivity index (χ1n) is 8.02. The maximum Gasteiger partial charge on any atom is 0.407 e. The molecule has 0 saturated carbocycles. The lowest BCUT2D eigenvalue weighted by Crippen LogP contribution is -2.53. The number of hydrogen-bond donors (Lipinski definition) is 2. The van der Waals surface area contributed by atoms with Crippen molar-refractivity contribution in [2.75, 3.05) is 29.9 Å². The summed E-state index contributed by atoms with van der Waals surface area (Å²) in [6.45, 7) is 3.10. The number of aromatic nitrogens is 2. The molecule has 0 radical (unpaired) electrons. The first-order chi connectivity index (χ1) is 12.5. The van der Waals surface area contributed by atoms with E-state index in [4.69, 9.17) is 0 Å². The third-order valence-electron chi connectivity index (χ3n) is 4.20. The molecule has 2 aromatic heterocycles. The second kappa shape index (κ2) is 7.21. The molecule has 1 atom stereocenters. The highest BCUT2D eigenvalue weighted by molar-refractivity contribution is 5.68. The van der Waals surface area contributed by atoms with Crippen molar-refractivity contribution in [1.82, 2.24) is 14.9 Å². The van der Waals surface area contributed by atoms with E-state index in [2.05, 4.69) is 15.3 Å². The van der Waals surface area contributed by atoms with E-state index in [-0.39, 0.29) is 17.5 Å². The number of pyridine rings is 2. The Bertz CT molecular complexity index is 816. The van der Waals surface area contributed by atoms with E-state index in [9.17, 15) is 20.0 Å². The number of rotatable bonds is 4. The van der Waals surface area contributed by atoms with E-state index in [1.54, 1.807) is 30.6 Å². The smallest absolute Gasteiger partial charge is 0.407 e. The number of anilines is 3. The maximum absolute atomic E-state index is 11.3. The average Bonchev–Trinajstić information content (AvgIpc) is 2.62. The third kappa shape index (κ3) is 3.63. The van der Waals surface area contributed by atoms with Crippen LogP contribution in [0.5, 0.6) is 0 Å². The van der Waals surface area contributed by atoms with Crippen LogP contribution in [0, 0.1) is 10.1 Å². The molecule has 2 aromatic rings. The largest absolute Gasteiger partial charge is 0.465 e. The van der Waals surface area contributed by atoms with Crippen molar-refractivity contribution in [3.8, 4) is 0 Å². The van der Waals surface area contributed by atoms with Gasteiger partial charge in [-0.1, -0.05) is 0 Å². The van der Waals surface area contributed by atoms with Crippen LogP contribution in [0.2, 0.25) is 0 Å². The predicted molar refractivity (Wildman–Crippen MR) is 94.8 cm³/mol. The van der Waals surface area contributed by atoms with Gasteiger partial charge in [0.15, 0.2) is 0 Å². The van der Waals surface area contributed by atoms with Crippen LogP contribution >= 0.6 is 0 Å². The van der Waals surface area contributed by atoms with Crippen molar-refractivity contribution in [2.24, 2.45) is 0 Å². The highest BCUT2D eigenvalue weighted by atomic mass is 16.6. The molecule has 10 nitrogen and oxygen atoms in total. The van der Waals surface area contributed by atoms with Crippen molar-refractivity contribution in [3.05, 3.63) is 46.8 Å². The summed E-state index contributed by atoms with van der Waals surface area (Å²) in [4.78, 5) is 33.6. The molecule has 1 fully saturated rings. The zero-order valence-electron chi connectivity index (χ0n) is 14.1. The summed E-state index contributed by atoms with van der Waals surface area (Å²) in [5, 5.41) is 23.4. The van der Waals surface area contributed by atoms with Gasteiger partial charge in [-0.05, 0) is 25.1 Å². The van der Waals surface area contributed by atoms with Crippen molar-refractivity contribution in [2.45, 2.75) is 13.0 Å². The van der Waals surface area contributed by atoms with Crippen molar-refractivity contribution < 1.29 is 14.8 Å². The molecule has 0 spiro atoms. The molecule has 1 saturated heterocycles. The zero-order chi connectivity index (χ0) is 18.7. The zero-order valence-corrected chi connectivity index (χ0v) is 14.1. The second-order valence-electron chi connectivity index (χ2n) is 5.93. The summed E-state index contributed by atoms with van der Waals surface area (Å²) in [6, 6.07) is 6.16. The lowest BCUT2D eigenvalue weighted by Gasteiger charge is -2.38. The molecule has 3 heterocycles. The molecule has 1 aliphatic heterocycles. The molecule has 0 aromatic carbocycles. The van der Waals surface area contributed by atoms with Gasteiger partial charge in [0.05, 0.1) is 4.92 Å². The van der Waals surface area contributed by atoms with Gasteiger partial charge in [0.1, 0.15) is 5.82 Å². The highest BCUT2D eigenvalue weighted by Crippen LogP contribution is 2.29. The molecule has 10 heteroatoms. The molecule has 2 N–H and O–H groups in total. The summed E-state index contributed by atoms with van der Waals surface area (Å²) in [5.74, 6) is 0.691. The molecule has 0 unspecified atom stereocenters. The Balaban J connectivity index is 1.86. The molecular formula is C16H18N6O4. The van der Waals surface area contributed by atoms with Gasteiger partial charge in [-0.3, -0.25) is 15.1 Å². The third-order valence-corrected chi connectivity index (χ3v) is 4.20. The number of piperazine rings is 1. The van der Waals surface area contributed by atoms with Crippen molar-refractivity contribution >= 4 is 29.1 Å². The van der Waals surface area contributed by atoms with Crippen molar-refractivity contribution in [3.63, 3.8) is 0 Å². The normalized spacial score (nSPS) is 17.0. The number of nitro groups is 1. The van der Waals surface area contributed by atoms with Crippen LogP contribution in [-0.2, 0) is 0 Å². The fourth-order valence-electron chi connectivity index (χ4n) is 2.88. The Morgan fingerprint density at radius 2 is 2.04 bits per heavy atom. The van der Waals surface area contributed by atoms with Crippen LogP contribution < -0.4 is 10.2 Å². The summed E-state index contributed by atoms with van der Waals surface area (Å²) in [6.07, 6.45) is 2.20. The fourth-order valence-corrected chi connectivity index (χ4v) is 2.88. The molecule has 3 rings (SSSR count). The van der Waals surface area contributed by atoms with E-state index < -0.39 is 11.0 Å². The van der Waals surface area contributed by atoms with Gasteiger partial charge in [0.25, 0.3) is 0 Å². The Labute approximate surface area is 149 Å². The van der Waals surface area contributed by atoms with Crippen LogP contribution in [0.4, 0.5) is 27.8 Å². The molecule has 136 valence electrons. The quantitative estimate of drug-likeness (QED) is 0.630. The predicted octanol–water partition coefficient (Wildman–Crippen LogP) is 2.32. The SMILES string of the molecule is C[C@@H]1CN(c2ccc([N+](=O)[O-])c(Nc3ccncc3)n2)CCN1C(=O)O. The number of amides is 1. The van der Waals surface area contributed by atoms with Crippen LogP contribution in [0.15, 0.2) is 36.7 Å². The number of hydrogen-bond acceptors (Lipinski definition) is 7. The topological polar surface area (TPSA) is 125 Å². The van der Waals surface area contributed by atoms with Crippen LogP contribution in [0.3, 0.4) is 0 Å². The Hall–Kier alpha value is -3.43. The van der Waals surface area contributed by atoms with Gasteiger partial charge in [-0.25, -0.2) is 9.78 Å². The monoisotopic (exact) mass is 358 g/mol. The number of carbonyl (C=O) groups is 1. The van der Waals surface area contributed by atoms with Crippen LogP contribution in [-0.4, -0.2) is 56.7 Å². The van der Waals surface area contributed by atoms with Gasteiger partial charge < -0.3 is 20.2 Å². The van der Waals surface area contributed by atoms with E-state index in [1.165, 1.54) is 11.0 Å². The Kier molecular flexibility index (Phi) is 4.83. The minimum atomic E-state index is -0.950. The van der Waals surface area contributed by atoms with Crippen LogP contribution in [0.25, 0.3) is 0 Å². The van der Waals surface area contributed by atoms with Gasteiger partial charge >= 0.3 is 11.8 Å². The summed E-state index contributed by atoms with van der Waals surface area (Å²) in [5.41, 5.74) is 0.500. The molecular weight excluding hydrogens is 340 g/mol. The maximum atomic E-state index is 11.3. The van der Waals surface area contributed by atoms with E-state index in [0.29, 0.717) is 31.1 Å². The average molecular weight is 358 g/mol. The number of nitrogens with one attached hydrogen (secondary N) is 1. The van der Waals surface area contributed by atoms with Gasteiger partial charge in [0.2, 0.25) is 5.82 Å². The fraction of sp³-hybridized carbons (Fsp3) is 0.312. The first-order valence-corrected chi connectivity index (χ1v) is 8.02. The highest BCUT2D eigenvalue weighted by Gasteiger charge is 2.28. The lowest BCUT2D eigenvalue weighted by atomic mass is 10.2. The number of nitrogens with zero attached hydrogens (tertiary/aromatic N) is 5. The number of carboxylic acid groups (broad SMARTS) is 1. The summed E-state index contributed by atoms with van der Waals surface area (Å²) < 4.78 is 0. The molecule has 1 aliphatic rings. The minimum Gasteiger partial charge on any atom is -0.465 e. The van der Waals surface area contributed by atoms with E-state index in [1.807, 2.05) is 11.8 Å². The molecule has 0 bridgehead atoms. The summed E-state index contributed by atoms with van der Waals surface area (Å²) in [7, 11) is 0. The van der Waals surface area contributed by atoms with Gasteiger partial charge in [0, 0.05) is 49.8 Å². The van der Waals surface area contributed by atoms with E-state index >= 15 is 0 Å². The van der Waals surface area contributed by atoms with Gasteiger partial charge in [-0.15, -0.1) is 0 Å². The molecule has 0 aliphatic carbocycles. The first kappa shape index (κ1) is 17.4. The van der Waals surface area contributed by atoms with Crippen molar-refractivity contribution in [1.29, 1.82) is 0 Å². The van der Waals surface area contributed by atoms with Crippen LogP contribution in [0.1, 0.15) is 6.92 Å². The standard InChI is InChI=1S/C16H18N6O4/c1-11-10-20(8-9-21(11)16(23)24)14-3-2-13(22(25)26)15(19-14)18-12-4-6-17-7-5-12/h2-7,11H,8-10H2,1H3,(H,23,24)(H,17,18,19)/t11-/m1/s1. The molecule has 26 heavy (non-hydrogen) atoms. The van der Waals surface area contributed by atoms with E-state index in [0.717, 1.165) is 0 Å². The second-order valence-corrected chi connectivity index (χ2v) is 5.93. The Morgan fingerprint density at radius 1 is 1.31 bits per heavy atom. The van der Waals surface area contributed by atoms with Gasteiger partial charge in [-0.2, -0.15) is 0 Å².